The van der Waals surface area contributed by atoms with E-state index in [1.807, 2.05) is 19.1 Å². The second-order valence-electron chi connectivity index (χ2n) is 6.24. The molecule has 1 aromatic rings. The van der Waals surface area contributed by atoms with Crippen molar-refractivity contribution in [3.8, 4) is 0 Å². The summed E-state index contributed by atoms with van der Waals surface area (Å²) in [4.78, 5) is 46.8. The van der Waals surface area contributed by atoms with Gasteiger partial charge in [0.25, 0.3) is 0 Å². The Labute approximate surface area is 128 Å². The Kier molecular flexibility index (Phi) is 4.41. The number of hydrogen-bond donors (Lipinski definition) is 0. The summed E-state index contributed by atoms with van der Waals surface area (Å²) in [6.07, 6.45) is 0.202. The SMILES string of the molecule is Cc1ccc(C(=O)ON2C(=O)CCC2=O)c[c]1[Sn]([CH3])([CH3])[CH3]. The normalized spacial score (nSPS) is 15.5. The van der Waals surface area contributed by atoms with Crippen LogP contribution in [0.1, 0.15) is 28.8 Å². The van der Waals surface area contributed by atoms with E-state index in [0.29, 0.717) is 10.6 Å². The van der Waals surface area contributed by atoms with Crippen molar-refractivity contribution in [2.45, 2.75) is 34.6 Å². The second-order valence-corrected chi connectivity index (χ2v) is 20.6. The Hall–Kier alpha value is -1.37. The van der Waals surface area contributed by atoms with Crippen molar-refractivity contribution in [1.29, 1.82) is 0 Å². The van der Waals surface area contributed by atoms with Gasteiger partial charge in [-0.25, -0.2) is 0 Å². The number of carbonyl (C=O) groups is 3. The zero-order valence-corrected chi connectivity index (χ0v) is 15.6. The molecule has 2 amide bonds. The molecule has 0 aliphatic carbocycles. The molecule has 1 aliphatic rings. The molecule has 5 nitrogen and oxygen atoms in total. The number of aryl methyl sites for hydroxylation is 1. The minimum absolute atomic E-state index is 0.101. The van der Waals surface area contributed by atoms with E-state index in [-0.39, 0.29) is 12.8 Å². The third-order valence-electron chi connectivity index (χ3n) is 3.46. The van der Waals surface area contributed by atoms with E-state index < -0.39 is 36.2 Å². The first-order chi connectivity index (χ1) is 9.70. The molecule has 0 unspecified atom stereocenters. The number of imide groups is 1. The van der Waals surface area contributed by atoms with Gasteiger partial charge in [-0.05, 0) is 0 Å². The molecule has 21 heavy (non-hydrogen) atoms. The van der Waals surface area contributed by atoms with Crippen LogP contribution < -0.4 is 3.58 Å². The van der Waals surface area contributed by atoms with Crippen LogP contribution in [0, 0.1) is 6.92 Å². The Morgan fingerprint density at radius 1 is 1.14 bits per heavy atom. The molecule has 112 valence electrons. The Morgan fingerprint density at radius 2 is 1.71 bits per heavy atom. The third-order valence-corrected chi connectivity index (χ3v) is 9.61. The maximum absolute atomic E-state index is 12.1. The molecule has 1 fully saturated rings. The van der Waals surface area contributed by atoms with Crippen molar-refractivity contribution in [3.63, 3.8) is 0 Å². The number of benzene rings is 1. The summed E-state index contributed by atoms with van der Waals surface area (Å²) in [5.74, 6) is -1.58. The van der Waals surface area contributed by atoms with Crippen LogP contribution in [0.4, 0.5) is 0 Å². The molecule has 1 aromatic carbocycles. The van der Waals surface area contributed by atoms with Crippen molar-refractivity contribution in [2.24, 2.45) is 0 Å². The molecule has 2 rings (SSSR count). The van der Waals surface area contributed by atoms with Crippen molar-refractivity contribution in [2.75, 3.05) is 0 Å². The standard InChI is InChI=1S/C12H10NO4.3CH3.Sn/c1-8-2-4-9(5-3-8)12(16)17-13-10(14)6-7-11(13)15;;;;/h2,4-5H,6-7H2,1H3;3*1H3;. The van der Waals surface area contributed by atoms with Gasteiger partial charge >= 0.3 is 128 Å². The topological polar surface area (TPSA) is 63.7 Å². The minimum atomic E-state index is -2.33. The first-order valence-corrected chi connectivity index (χ1v) is 16.9. The van der Waals surface area contributed by atoms with Gasteiger partial charge in [-0.3, -0.25) is 0 Å². The molecule has 6 heteroatoms. The number of rotatable bonds is 3. The number of hydrogen-bond acceptors (Lipinski definition) is 4. The summed E-state index contributed by atoms with van der Waals surface area (Å²) >= 11 is -2.33. The van der Waals surface area contributed by atoms with Crippen LogP contribution in [0.3, 0.4) is 0 Å². The summed E-state index contributed by atoms with van der Waals surface area (Å²) in [7, 11) is 0. The summed E-state index contributed by atoms with van der Waals surface area (Å²) in [6, 6.07) is 5.41. The zero-order valence-electron chi connectivity index (χ0n) is 12.7. The average molecular weight is 396 g/mol. The maximum atomic E-state index is 12.1. The van der Waals surface area contributed by atoms with E-state index in [1.165, 1.54) is 9.14 Å². The van der Waals surface area contributed by atoms with Crippen LogP contribution >= 0.6 is 0 Å². The van der Waals surface area contributed by atoms with Crippen LogP contribution in [0.25, 0.3) is 0 Å². The fourth-order valence-electron chi connectivity index (χ4n) is 2.35. The molecular weight excluding hydrogens is 377 g/mol. The van der Waals surface area contributed by atoms with Crippen molar-refractivity contribution >= 4 is 39.7 Å². The van der Waals surface area contributed by atoms with Crippen molar-refractivity contribution < 1.29 is 19.2 Å². The molecule has 0 saturated carbocycles. The van der Waals surface area contributed by atoms with E-state index >= 15 is 0 Å². The van der Waals surface area contributed by atoms with Crippen LogP contribution in [-0.2, 0) is 14.4 Å². The third kappa shape index (κ3) is 3.45. The molecule has 0 atom stereocenters. The Bertz CT molecular complexity index is 603. The van der Waals surface area contributed by atoms with Gasteiger partial charge in [0.1, 0.15) is 0 Å². The van der Waals surface area contributed by atoms with E-state index in [4.69, 9.17) is 4.84 Å². The van der Waals surface area contributed by atoms with E-state index in [9.17, 15) is 14.4 Å². The molecule has 0 bridgehead atoms. The van der Waals surface area contributed by atoms with Gasteiger partial charge in [0.15, 0.2) is 0 Å². The predicted molar refractivity (Wildman–Crippen MR) is 80.7 cm³/mol. The molecule has 1 saturated heterocycles. The summed E-state index contributed by atoms with van der Waals surface area (Å²) < 4.78 is 1.23. The number of nitrogens with zero attached hydrogens (tertiary/aromatic N) is 1. The second kappa shape index (κ2) is 5.79. The number of hydroxylamine groups is 2. The van der Waals surface area contributed by atoms with E-state index in [0.717, 1.165) is 0 Å². The summed E-state index contributed by atoms with van der Waals surface area (Å²) in [5, 5.41) is 0.586. The number of amides is 2. The average Bonchev–Trinajstić information content (AvgIpc) is 2.69. The van der Waals surface area contributed by atoms with Gasteiger partial charge in [0.05, 0.1) is 0 Å². The molecular formula is C15H19NO4Sn. The van der Waals surface area contributed by atoms with E-state index in [1.54, 1.807) is 6.07 Å². The summed E-state index contributed by atoms with van der Waals surface area (Å²) in [5.41, 5.74) is 1.55. The van der Waals surface area contributed by atoms with Gasteiger partial charge in [-0.2, -0.15) is 0 Å². The first-order valence-electron chi connectivity index (χ1n) is 6.89. The Morgan fingerprint density at radius 3 is 2.24 bits per heavy atom. The monoisotopic (exact) mass is 397 g/mol. The molecule has 0 aromatic heterocycles. The van der Waals surface area contributed by atoms with Crippen LogP contribution in [-0.4, -0.2) is 41.2 Å². The van der Waals surface area contributed by atoms with E-state index in [2.05, 4.69) is 14.8 Å². The fourth-order valence-corrected chi connectivity index (χ4v) is 7.64. The van der Waals surface area contributed by atoms with Crippen LogP contribution in [0.2, 0.25) is 14.8 Å². The Balaban J connectivity index is 2.24. The van der Waals surface area contributed by atoms with Crippen LogP contribution in [0.5, 0.6) is 0 Å². The van der Waals surface area contributed by atoms with Crippen LogP contribution in [0.15, 0.2) is 18.2 Å². The summed E-state index contributed by atoms with van der Waals surface area (Å²) in [6.45, 7) is 2.03. The molecule has 0 radical (unpaired) electrons. The zero-order chi connectivity index (χ0) is 15.8. The molecule has 0 N–H and O–H groups in total. The molecule has 1 aliphatic heterocycles. The predicted octanol–water partition coefficient (Wildman–Crippen LogP) is 1.76. The van der Waals surface area contributed by atoms with Gasteiger partial charge in [0.2, 0.25) is 0 Å². The number of carbonyl (C=O) groups excluding carboxylic acids is 3. The van der Waals surface area contributed by atoms with Gasteiger partial charge in [-0.15, -0.1) is 0 Å². The van der Waals surface area contributed by atoms with Gasteiger partial charge in [-0.1, -0.05) is 0 Å². The van der Waals surface area contributed by atoms with Crippen molar-refractivity contribution in [3.05, 3.63) is 29.3 Å². The van der Waals surface area contributed by atoms with Gasteiger partial charge in [0, 0.05) is 0 Å². The van der Waals surface area contributed by atoms with Gasteiger partial charge < -0.3 is 0 Å². The fraction of sp³-hybridized carbons (Fsp3) is 0.400. The first kappa shape index (κ1) is 16.0. The quantitative estimate of drug-likeness (QED) is 0.577. The van der Waals surface area contributed by atoms with Crippen molar-refractivity contribution in [1.82, 2.24) is 5.06 Å². The molecule has 1 heterocycles. The molecule has 0 spiro atoms.